The number of aromatic nitrogens is 1. The second-order valence-corrected chi connectivity index (χ2v) is 14.7. The van der Waals surface area contributed by atoms with Crippen LogP contribution in [-0.4, -0.2) is 4.98 Å². The topological polar surface area (TPSA) is 29.3 Å². The third-order valence-corrected chi connectivity index (χ3v) is 11.9. The van der Waals surface area contributed by atoms with Gasteiger partial charge in [-0.05, 0) is 103 Å². The summed E-state index contributed by atoms with van der Waals surface area (Å²) in [6.45, 7) is 0. The van der Waals surface area contributed by atoms with Crippen molar-refractivity contribution in [3.63, 3.8) is 0 Å². The SMILES string of the molecule is c1ccc(-c2ccc(N(c3ccc4c(c3)C3(c5ccccc5-c5ccccc53)c3ccccc3-4)c3cncc4c3oc3cc5ccccc5cc34)cc2)cc1. The molecule has 2 aliphatic carbocycles. The van der Waals surface area contributed by atoms with Gasteiger partial charge < -0.3 is 9.32 Å². The first kappa shape index (κ1) is 30.3. The van der Waals surface area contributed by atoms with E-state index in [1.807, 2.05) is 12.4 Å². The number of hydrogen-bond donors (Lipinski definition) is 0. The minimum Gasteiger partial charge on any atom is -0.454 e. The molecule has 256 valence electrons. The summed E-state index contributed by atoms with van der Waals surface area (Å²) in [6.07, 6.45) is 3.89. The Bertz CT molecular complexity index is 3090. The molecule has 0 saturated heterocycles. The van der Waals surface area contributed by atoms with Crippen molar-refractivity contribution in [2.45, 2.75) is 5.41 Å². The quantitative estimate of drug-likeness (QED) is 0.183. The highest BCUT2D eigenvalue weighted by Crippen LogP contribution is 2.63. The van der Waals surface area contributed by atoms with Crippen molar-refractivity contribution >= 4 is 49.8 Å². The molecule has 0 fully saturated rings. The van der Waals surface area contributed by atoms with Crippen LogP contribution in [-0.2, 0) is 5.41 Å². The molecule has 0 radical (unpaired) electrons. The Hall–Kier alpha value is -7.23. The van der Waals surface area contributed by atoms with E-state index in [9.17, 15) is 0 Å². The standard InChI is InChI=1S/C52H32N2O/c1-2-12-33(13-3-1)34-22-24-37(25-23-34)54(49-32-53-31-44-43-28-35-14-4-5-15-36(35)29-50(43)55-51(44)49)38-26-27-42-41-18-8-11-21-47(41)52(48(42)30-38)45-19-9-6-16-39(45)40-17-7-10-20-46(40)52/h1-32H. The van der Waals surface area contributed by atoms with Crippen molar-refractivity contribution in [2.24, 2.45) is 0 Å². The Morgan fingerprint density at radius 3 is 1.64 bits per heavy atom. The molecule has 8 aromatic carbocycles. The second-order valence-electron chi connectivity index (χ2n) is 14.7. The highest BCUT2D eigenvalue weighted by atomic mass is 16.3. The van der Waals surface area contributed by atoms with Crippen LogP contribution >= 0.6 is 0 Å². The molecule has 0 unspecified atom stereocenters. The van der Waals surface area contributed by atoms with Crippen LogP contribution in [0.5, 0.6) is 0 Å². The van der Waals surface area contributed by atoms with Gasteiger partial charge in [0.1, 0.15) is 11.3 Å². The molecule has 12 rings (SSSR count). The first-order chi connectivity index (χ1) is 27.3. The molecule has 3 heteroatoms. The van der Waals surface area contributed by atoms with Crippen LogP contribution in [0.3, 0.4) is 0 Å². The van der Waals surface area contributed by atoms with E-state index in [0.29, 0.717) is 0 Å². The number of fused-ring (bicyclic) bond motifs is 14. The lowest BCUT2D eigenvalue weighted by molar-refractivity contribution is 0.669. The number of nitrogens with zero attached hydrogens (tertiary/aromatic N) is 2. The van der Waals surface area contributed by atoms with Crippen molar-refractivity contribution in [3.8, 4) is 33.4 Å². The van der Waals surface area contributed by atoms with E-state index < -0.39 is 5.41 Å². The van der Waals surface area contributed by atoms with Crippen LogP contribution in [0.25, 0.3) is 66.1 Å². The maximum absolute atomic E-state index is 6.86. The smallest absolute Gasteiger partial charge is 0.162 e. The van der Waals surface area contributed by atoms with Crippen molar-refractivity contribution in [3.05, 3.63) is 217 Å². The first-order valence-corrected chi connectivity index (χ1v) is 18.9. The van der Waals surface area contributed by atoms with Crippen molar-refractivity contribution in [2.75, 3.05) is 4.90 Å². The third-order valence-electron chi connectivity index (χ3n) is 11.9. The van der Waals surface area contributed by atoms with Gasteiger partial charge in [-0.1, -0.05) is 146 Å². The number of benzene rings is 8. The maximum atomic E-state index is 6.86. The molecule has 0 bridgehead atoms. The average molecular weight is 701 g/mol. The van der Waals surface area contributed by atoms with E-state index >= 15 is 0 Å². The molecule has 2 heterocycles. The van der Waals surface area contributed by atoms with Gasteiger partial charge in [0.25, 0.3) is 0 Å². The fourth-order valence-corrected chi connectivity index (χ4v) is 9.60. The second kappa shape index (κ2) is 11.4. The Kier molecular flexibility index (Phi) is 6.26. The summed E-state index contributed by atoms with van der Waals surface area (Å²) in [5.41, 5.74) is 16.9. The highest BCUT2D eigenvalue weighted by Gasteiger charge is 2.51. The minimum absolute atomic E-state index is 0.457. The van der Waals surface area contributed by atoms with Gasteiger partial charge in [0.05, 0.1) is 11.6 Å². The summed E-state index contributed by atoms with van der Waals surface area (Å²) in [5, 5.41) is 4.38. The van der Waals surface area contributed by atoms with E-state index in [2.05, 4.69) is 187 Å². The molecule has 0 N–H and O–H groups in total. The summed E-state index contributed by atoms with van der Waals surface area (Å²) in [5.74, 6) is 0. The predicted molar refractivity (Wildman–Crippen MR) is 225 cm³/mol. The van der Waals surface area contributed by atoms with Crippen LogP contribution in [0.15, 0.2) is 199 Å². The number of pyridine rings is 1. The van der Waals surface area contributed by atoms with E-state index in [4.69, 9.17) is 9.40 Å². The van der Waals surface area contributed by atoms with Gasteiger partial charge in [-0.15, -0.1) is 0 Å². The third kappa shape index (κ3) is 4.18. The first-order valence-electron chi connectivity index (χ1n) is 18.9. The van der Waals surface area contributed by atoms with Gasteiger partial charge in [0.2, 0.25) is 0 Å². The molecule has 2 aliphatic rings. The lowest BCUT2D eigenvalue weighted by Crippen LogP contribution is -2.26. The highest BCUT2D eigenvalue weighted by molar-refractivity contribution is 6.13. The monoisotopic (exact) mass is 700 g/mol. The Balaban J connectivity index is 1.13. The van der Waals surface area contributed by atoms with E-state index in [0.717, 1.165) is 44.4 Å². The summed E-state index contributed by atoms with van der Waals surface area (Å²) < 4.78 is 6.86. The van der Waals surface area contributed by atoms with Gasteiger partial charge in [0, 0.05) is 28.3 Å². The van der Waals surface area contributed by atoms with Crippen molar-refractivity contribution < 1.29 is 4.42 Å². The van der Waals surface area contributed by atoms with Crippen LogP contribution < -0.4 is 4.90 Å². The molecule has 0 amide bonds. The molecule has 0 aliphatic heterocycles. The number of furan rings is 1. The van der Waals surface area contributed by atoms with Crippen LogP contribution in [0.1, 0.15) is 22.3 Å². The number of anilines is 3. The Morgan fingerprint density at radius 2 is 0.964 bits per heavy atom. The predicted octanol–water partition coefficient (Wildman–Crippen LogP) is 13.6. The maximum Gasteiger partial charge on any atom is 0.162 e. The van der Waals surface area contributed by atoms with Crippen molar-refractivity contribution in [1.29, 1.82) is 0 Å². The molecule has 1 spiro atoms. The minimum atomic E-state index is -0.457. The van der Waals surface area contributed by atoms with Crippen molar-refractivity contribution in [1.82, 2.24) is 4.98 Å². The van der Waals surface area contributed by atoms with E-state index in [1.54, 1.807) is 0 Å². The zero-order valence-electron chi connectivity index (χ0n) is 29.8. The summed E-state index contributed by atoms with van der Waals surface area (Å²) in [4.78, 5) is 7.22. The molecule has 3 nitrogen and oxygen atoms in total. The van der Waals surface area contributed by atoms with Gasteiger partial charge in [-0.2, -0.15) is 0 Å². The van der Waals surface area contributed by atoms with Gasteiger partial charge >= 0.3 is 0 Å². The van der Waals surface area contributed by atoms with Crippen LogP contribution in [0, 0.1) is 0 Å². The van der Waals surface area contributed by atoms with Crippen LogP contribution in [0.4, 0.5) is 17.1 Å². The zero-order chi connectivity index (χ0) is 36.1. The Labute approximate surface area is 318 Å². The molecule has 10 aromatic rings. The summed E-state index contributed by atoms with van der Waals surface area (Å²) >= 11 is 0. The Morgan fingerprint density at radius 1 is 0.418 bits per heavy atom. The molecule has 0 saturated carbocycles. The lowest BCUT2D eigenvalue weighted by atomic mass is 9.70. The van der Waals surface area contributed by atoms with Gasteiger partial charge in [-0.3, -0.25) is 4.98 Å². The normalized spacial score (nSPS) is 13.2. The summed E-state index contributed by atoms with van der Waals surface area (Å²) in [7, 11) is 0. The fraction of sp³-hybridized carbons (Fsp3) is 0.0192. The van der Waals surface area contributed by atoms with E-state index in [-0.39, 0.29) is 0 Å². The van der Waals surface area contributed by atoms with Crippen LogP contribution in [0.2, 0.25) is 0 Å². The fourth-order valence-electron chi connectivity index (χ4n) is 9.60. The molecule has 55 heavy (non-hydrogen) atoms. The van der Waals surface area contributed by atoms with E-state index in [1.165, 1.54) is 61.0 Å². The van der Waals surface area contributed by atoms with Gasteiger partial charge in [0.15, 0.2) is 5.58 Å². The largest absolute Gasteiger partial charge is 0.454 e. The average Bonchev–Trinajstić information content (AvgIpc) is 3.87. The molecule has 0 atom stereocenters. The number of rotatable bonds is 4. The van der Waals surface area contributed by atoms with Gasteiger partial charge in [-0.25, -0.2) is 0 Å². The molecular formula is C52H32N2O. The number of hydrogen-bond acceptors (Lipinski definition) is 3. The lowest BCUT2D eigenvalue weighted by Gasteiger charge is -2.32. The molecule has 2 aromatic heterocycles. The zero-order valence-corrected chi connectivity index (χ0v) is 29.8. The molecular weight excluding hydrogens is 669 g/mol. The summed E-state index contributed by atoms with van der Waals surface area (Å²) in [6, 6.07) is 66.2.